The maximum atomic E-state index is 10.3. The van der Waals surface area contributed by atoms with Crippen LogP contribution in [0.4, 0.5) is 0 Å². The van der Waals surface area contributed by atoms with E-state index in [4.69, 9.17) is 10.2 Å². The molecular formula is C15H25NO3. The second-order valence-corrected chi connectivity index (χ2v) is 4.28. The highest BCUT2D eigenvalue weighted by Crippen LogP contribution is 2.14. The lowest BCUT2D eigenvalue weighted by Gasteiger charge is -1.99. The number of carbonyl (C=O) groups is 1. The number of benzene rings is 1. The maximum Gasteiger partial charge on any atom is 0.339 e. The van der Waals surface area contributed by atoms with Crippen LogP contribution in [-0.4, -0.2) is 29.3 Å². The normalized spacial score (nSPS) is 9.58. The Labute approximate surface area is 115 Å². The molecule has 1 aromatic carbocycles. The third kappa shape index (κ3) is 9.08. The number of unbranched alkanes of at least 4 members (excludes halogenated alkanes) is 2. The lowest BCUT2D eigenvalue weighted by atomic mass is 10.2. The molecule has 0 fully saturated rings. The van der Waals surface area contributed by atoms with Gasteiger partial charge in [0.25, 0.3) is 0 Å². The van der Waals surface area contributed by atoms with E-state index in [0.29, 0.717) is 0 Å². The highest BCUT2D eigenvalue weighted by Gasteiger charge is 2.05. The summed E-state index contributed by atoms with van der Waals surface area (Å²) in [6.45, 7) is 6.86. The zero-order valence-electron chi connectivity index (χ0n) is 11.9. The number of phenols is 1. The van der Waals surface area contributed by atoms with Gasteiger partial charge in [0.2, 0.25) is 0 Å². The van der Waals surface area contributed by atoms with Crippen LogP contribution in [0, 0.1) is 0 Å². The second kappa shape index (κ2) is 11.5. The van der Waals surface area contributed by atoms with Crippen molar-refractivity contribution < 1.29 is 15.0 Å². The molecule has 0 atom stereocenters. The lowest BCUT2D eigenvalue weighted by Crippen LogP contribution is -2.15. The Morgan fingerprint density at radius 2 is 1.63 bits per heavy atom. The minimum atomic E-state index is -1.11. The molecule has 19 heavy (non-hydrogen) atoms. The molecule has 0 aliphatic carbocycles. The van der Waals surface area contributed by atoms with Crippen LogP contribution >= 0.6 is 0 Å². The van der Waals surface area contributed by atoms with Crippen LogP contribution in [0.5, 0.6) is 5.75 Å². The van der Waals surface area contributed by atoms with Crippen LogP contribution in [0.15, 0.2) is 24.3 Å². The summed E-state index contributed by atoms with van der Waals surface area (Å²) in [5.74, 6) is -1.31. The van der Waals surface area contributed by atoms with Crippen molar-refractivity contribution in [2.24, 2.45) is 0 Å². The number of nitrogens with one attached hydrogen (secondary N) is 1. The average molecular weight is 267 g/mol. The van der Waals surface area contributed by atoms with Gasteiger partial charge in [-0.1, -0.05) is 38.8 Å². The molecule has 4 nitrogen and oxygen atoms in total. The van der Waals surface area contributed by atoms with Crippen LogP contribution in [0.2, 0.25) is 0 Å². The van der Waals surface area contributed by atoms with E-state index in [1.807, 2.05) is 0 Å². The van der Waals surface area contributed by atoms with Crippen LogP contribution < -0.4 is 5.32 Å². The highest BCUT2D eigenvalue weighted by atomic mass is 16.4. The Bertz CT molecular complexity index is 347. The average Bonchev–Trinajstić information content (AvgIpc) is 2.40. The fourth-order valence-corrected chi connectivity index (χ4v) is 1.38. The van der Waals surface area contributed by atoms with E-state index in [2.05, 4.69) is 19.2 Å². The quantitative estimate of drug-likeness (QED) is 0.663. The van der Waals surface area contributed by atoms with E-state index in [1.54, 1.807) is 12.1 Å². The molecule has 0 amide bonds. The molecule has 0 heterocycles. The van der Waals surface area contributed by atoms with Gasteiger partial charge in [0.15, 0.2) is 0 Å². The molecule has 1 aromatic rings. The van der Waals surface area contributed by atoms with Crippen molar-refractivity contribution in [3.8, 4) is 5.75 Å². The Kier molecular flexibility index (Phi) is 10.6. The minimum absolute atomic E-state index is 0.0671. The predicted molar refractivity (Wildman–Crippen MR) is 77.8 cm³/mol. The van der Waals surface area contributed by atoms with E-state index in [0.717, 1.165) is 0 Å². The molecule has 0 aliphatic rings. The first-order chi connectivity index (χ1) is 9.13. The second-order valence-electron chi connectivity index (χ2n) is 4.28. The van der Waals surface area contributed by atoms with Gasteiger partial charge >= 0.3 is 5.97 Å². The third-order valence-corrected chi connectivity index (χ3v) is 2.55. The summed E-state index contributed by atoms with van der Waals surface area (Å²) >= 11 is 0. The van der Waals surface area contributed by atoms with E-state index in [1.165, 1.54) is 50.9 Å². The fourth-order valence-electron chi connectivity index (χ4n) is 1.38. The van der Waals surface area contributed by atoms with Crippen molar-refractivity contribution in [1.29, 1.82) is 0 Å². The summed E-state index contributed by atoms with van der Waals surface area (Å²) < 4.78 is 0. The monoisotopic (exact) mass is 267 g/mol. The molecule has 0 spiro atoms. The molecule has 4 heteroatoms. The Morgan fingerprint density at radius 3 is 2.00 bits per heavy atom. The highest BCUT2D eigenvalue weighted by molar-refractivity contribution is 5.90. The Morgan fingerprint density at radius 1 is 1.11 bits per heavy atom. The SMILES string of the molecule is CCCCNCCCC.O=C(O)c1ccccc1O. The van der Waals surface area contributed by atoms with Crippen molar-refractivity contribution in [2.45, 2.75) is 39.5 Å². The largest absolute Gasteiger partial charge is 0.507 e. The summed E-state index contributed by atoms with van der Waals surface area (Å²) in [6.07, 6.45) is 5.26. The summed E-state index contributed by atoms with van der Waals surface area (Å²) in [7, 11) is 0. The first-order valence-corrected chi connectivity index (χ1v) is 6.85. The van der Waals surface area contributed by atoms with Crippen LogP contribution in [0.3, 0.4) is 0 Å². The summed E-state index contributed by atoms with van der Waals surface area (Å²) in [6, 6.07) is 5.81. The van der Waals surface area contributed by atoms with Gasteiger partial charge in [0, 0.05) is 0 Å². The molecule has 108 valence electrons. The Hall–Kier alpha value is -1.55. The summed E-state index contributed by atoms with van der Waals surface area (Å²) in [5.41, 5.74) is -0.0671. The molecule has 0 saturated heterocycles. The summed E-state index contributed by atoms with van der Waals surface area (Å²) in [4.78, 5) is 10.3. The molecule has 3 N–H and O–H groups in total. The standard InChI is InChI=1S/C8H19N.C7H6O3/c1-3-5-7-9-8-6-4-2;8-6-4-2-1-3-5(6)7(9)10/h9H,3-8H2,1-2H3;1-4,8H,(H,9,10). The fraction of sp³-hybridized carbons (Fsp3) is 0.533. The number of rotatable bonds is 7. The van der Waals surface area contributed by atoms with Gasteiger partial charge in [0.05, 0.1) is 0 Å². The number of carboxylic acids is 1. The van der Waals surface area contributed by atoms with E-state index < -0.39 is 5.97 Å². The van der Waals surface area contributed by atoms with Gasteiger partial charge in [-0.2, -0.15) is 0 Å². The van der Waals surface area contributed by atoms with E-state index >= 15 is 0 Å². The Balaban J connectivity index is 0.000000344. The van der Waals surface area contributed by atoms with Crippen LogP contribution in [0.25, 0.3) is 0 Å². The van der Waals surface area contributed by atoms with Gasteiger partial charge in [-0.25, -0.2) is 4.79 Å². The van der Waals surface area contributed by atoms with Crippen molar-refractivity contribution in [1.82, 2.24) is 5.32 Å². The number of aromatic carboxylic acids is 1. The first kappa shape index (κ1) is 17.4. The third-order valence-electron chi connectivity index (χ3n) is 2.55. The predicted octanol–water partition coefficient (Wildman–Crippen LogP) is 3.27. The minimum Gasteiger partial charge on any atom is -0.507 e. The zero-order valence-corrected chi connectivity index (χ0v) is 11.9. The zero-order chi connectivity index (χ0) is 14.5. The van der Waals surface area contributed by atoms with Crippen LogP contribution in [0.1, 0.15) is 49.9 Å². The van der Waals surface area contributed by atoms with Crippen molar-refractivity contribution in [3.63, 3.8) is 0 Å². The van der Waals surface area contributed by atoms with Gasteiger partial charge in [0.1, 0.15) is 11.3 Å². The van der Waals surface area contributed by atoms with Crippen molar-refractivity contribution >= 4 is 5.97 Å². The smallest absolute Gasteiger partial charge is 0.339 e. The molecule has 0 aromatic heterocycles. The van der Waals surface area contributed by atoms with Gasteiger partial charge < -0.3 is 15.5 Å². The molecular weight excluding hydrogens is 242 g/mol. The molecule has 0 bridgehead atoms. The first-order valence-electron chi connectivity index (χ1n) is 6.85. The molecule has 1 rings (SSSR count). The number of carboxylic acid groups (broad SMARTS) is 1. The van der Waals surface area contributed by atoms with Gasteiger partial charge in [-0.15, -0.1) is 0 Å². The molecule has 0 radical (unpaired) electrons. The van der Waals surface area contributed by atoms with E-state index in [-0.39, 0.29) is 11.3 Å². The number of hydrogen-bond donors (Lipinski definition) is 3. The molecule has 0 aliphatic heterocycles. The number of hydrogen-bond acceptors (Lipinski definition) is 3. The van der Waals surface area contributed by atoms with E-state index in [9.17, 15) is 4.79 Å². The molecule has 0 unspecified atom stereocenters. The van der Waals surface area contributed by atoms with Crippen molar-refractivity contribution in [2.75, 3.05) is 13.1 Å². The van der Waals surface area contributed by atoms with Gasteiger partial charge in [-0.05, 0) is 38.1 Å². The van der Waals surface area contributed by atoms with Crippen LogP contribution in [-0.2, 0) is 0 Å². The van der Waals surface area contributed by atoms with Gasteiger partial charge in [-0.3, -0.25) is 0 Å². The summed E-state index contributed by atoms with van der Waals surface area (Å²) in [5, 5.41) is 20.7. The topological polar surface area (TPSA) is 69.6 Å². The van der Waals surface area contributed by atoms with Crippen molar-refractivity contribution in [3.05, 3.63) is 29.8 Å². The number of aromatic hydroxyl groups is 1. The maximum absolute atomic E-state index is 10.3. The molecule has 0 saturated carbocycles. The lowest BCUT2D eigenvalue weighted by molar-refractivity contribution is 0.0693. The number of para-hydroxylation sites is 1.